The van der Waals surface area contributed by atoms with Crippen LogP contribution in [0.2, 0.25) is 0 Å². The van der Waals surface area contributed by atoms with Crippen molar-refractivity contribution in [3.05, 3.63) is 102 Å². The maximum atomic E-state index is 6.00. The molecule has 0 radical (unpaired) electrons. The molecule has 0 aliphatic heterocycles. The predicted molar refractivity (Wildman–Crippen MR) is 129 cm³/mol. The zero-order valence-corrected chi connectivity index (χ0v) is 18.2. The number of nitrogens with one attached hydrogen (secondary N) is 1. The number of methoxy groups -OCH3 is 2. The summed E-state index contributed by atoms with van der Waals surface area (Å²) in [5.41, 5.74) is 6.27. The van der Waals surface area contributed by atoms with Crippen molar-refractivity contribution in [3.63, 3.8) is 0 Å². The van der Waals surface area contributed by atoms with Gasteiger partial charge in [-0.1, -0.05) is 48.5 Å². The van der Waals surface area contributed by atoms with Crippen LogP contribution in [0.5, 0.6) is 17.2 Å². The van der Waals surface area contributed by atoms with Gasteiger partial charge in [0.15, 0.2) is 11.5 Å². The van der Waals surface area contributed by atoms with Crippen LogP contribution in [-0.4, -0.2) is 20.4 Å². The molecule has 0 heterocycles. The molecule has 0 bridgehead atoms. The molecular formula is C27H26N2O3. The van der Waals surface area contributed by atoms with Crippen LogP contribution in [0, 0.1) is 0 Å². The lowest BCUT2D eigenvalue weighted by molar-refractivity contribution is 0.307. The molecule has 0 fully saturated rings. The van der Waals surface area contributed by atoms with Crippen molar-refractivity contribution in [2.24, 2.45) is 5.10 Å². The molecule has 4 aromatic rings. The van der Waals surface area contributed by atoms with Crippen LogP contribution in [0.1, 0.15) is 16.7 Å². The molecule has 0 atom stereocenters. The Hall–Kier alpha value is -3.99. The summed E-state index contributed by atoms with van der Waals surface area (Å²) in [5.74, 6) is 2.24. The summed E-state index contributed by atoms with van der Waals surface area (Å²) < 4.78 is 16.6. The Labute approximate surface area is 188 Å². The molecule has 0 unspecified atom stereocenters. The van der Waals surface area contributed by atoms with Gasteiger partial charge in [-0.05, 0) is 63.9 Å². The SMILES string of the molecule is COc1ccc(CN/N=C/c2ccc(OCc3cccc4ccccc34)cc2)cc1OC. The van der Waals surface area contributed by atoms with E-state index in [4.69, 9.17) is 14.2 Å². The quantitative estimate of drug-likeness (QED) is 0.281. The Bertz CT molecular complexity index is 1200. The lowest BCUT2D eigenvalue weighted by atomic mass is 10.1. The topological polar surface area (TPSA) is 52.1 Å². The fourth-order valence-corrected chi connectivity index (χ4v) is 3.48. The van der Waals surface area contributed by atoms with Gasteiger partial charge in [-0.3, -0.25) is 0 Å². The summed E-state index contributed by atoms with van der Waals surface area (Å²) in [4.78, 5) is 0. The van der Waals surface area contributed by atoms with Gasteiger partial charge < -0.3 is 19.6 Å². The van der Waals surface area contributed by atoms with Gasteiger partial charge in [0.2, 0.25) is 0 Å². The van der Waals surface area contributed by atoms with Gasteiger partial charge in [0.1, 0.15) is 12.4 Å². The van der Waals surface area contributed by atoms with E-state index in [1.54, 1.807) is 20.4 Å². The van der Waals surface area contributed by atoms with Crippen LogP contribution in [-0.2, 0) is 13.2 Å². The first-order valence-electron chi connectivity index (χ1n) is 10.4. The summed E-state index contributed by atoms with van der Waals surface area (Å²) in [6, 6.07) is 28.3. The molecule has 1 N–H and O–H groups in total. The van der Waals surface area contributed by atoms with Crippen molar-refractivity contribution < 1.29 is 14.2 Å². The lowest BCUT2D eigenvalue weighted by Crippen LogP contribution is -2.06. The number of nitrogens with zero attached hydrogens (tertiary/aromatic N) is 1. The molecule has 32 heavy (non-hydrogen) atoms. The highest BCUT2D eigenvalue weighted by Crippen LogP contribution is 2.27. The largest absolute Gasteiger partial charge is 0.493 e. The van der Waals surface area contributed by atoms with Crippen molar-refractivity contribution in [2.45, 2.75) is 13.2 Å². The van der Waals surface area contributed by atoms with E-state index in [9.17, 15) is 0 Å². The van der Waals surface area contributed by atoms with Crippen molar-refractivity contribution in [3.8, 4) is 17.2 Å². The second-order valence-electron chi connectivity index (χ2n) is 7.28. The highest BCUT2D eigenvalue weighted by Gasteiger charge is 2.04. The number of fused-ring (bicyclic) bond motifs is 1. The first-order valence-corrected chi connectivity index (χ1v) is 10.4. The summed E-state index contributed by atoms with van der Waals surface area (Å²) in [6.07, 6.45) is 1.79. The van der Waals surface area contributed by atoms with Crippen LogP contribution in [0.4, 0.5) is 0 Å². The van der Waals surface area contributed by atoms with E-state index >= 15 is 0 Å². The normalized spacial score (nSPS) is 10.9. The summed E-state index contributed by atoms with van der Waals surface area (Å²) >= 11 is 0. The smallest absolute Gasteiger partial charge is 0.161 e. The fraction of sp³-hybridized carbons (Fsp3) is 0.148. The van der Waals surface area contributed by atoms with E-state index in [1.165, 1.54) is 16.3 Å². The summed E-state index contributed by atoms with van der Waals surface area (Å²) in [6.45, 7) is 1.12. The first-order chi connectivity index (χ1) is 15.8. The number of hydrogen-bond acceptors (Lipinski definition) is 5. The first kappa shape index (κ1) is 21.2. The van der Waals surface area contributed by atoms with Crippen molar-refractivity contribution >= 4 is 17.0 Å². The number of benzene rings is 4. The molecule has 0 aromatic heterocycles. The predicted octanol–water partition coefficient (Wildman–Crippen LogP) is 5.56. The molecule has 162 valence electrons. The Morgan fingerprint density at radius 3 is 2.41 bits per heavy atom. The van der Waals surface area contributed by atoms with E-state index < -0.39 is 0 Å². The molecule has 0 aliphatic carbocycles. The van der Waals surface area contributed by atoms with Crippen molar-refractivity contribution in [1.29, 1.82) is 0 Å². The van der Waals surface area contributed by atoms with Gasteiger partial charge in [0, 0.05) is 0 Å². The zero-order chi connectivity index (χ0) is 22.2. The maximum absolute atomic E-state index is 6.00. The van der Waals surface area contributed by atoms with Crippen LogP contribution in [0.15, 0.2) is 90.0 Å². The minimum Gasteiger partial charge on any atom is -0.493 e. The minimum absolute atomic E-state index is 0.529. The van der Waals surface area contributed by atoms with Crippen molar-refractivity contribution in [1.82, 2.24) is 5.43 Å². The second-order valence-corrected chi connectivity index (χ2v) is 7.28. The van der Waals surface area contributed by atoms with E-state index in [-0.39, 0.29) is 0 Å². The Kier molecular flexibility index (Phi) is 6.88. The van der Waals surface area contributed by atoms with Crippen molar-refractivity contribution in [2.75, 3.05) is 14.2 Å². The van der Waals surface area contributed by atoms with E-state index in [1.807, 2.05) is 42.5 Å². The van der Waals surface area contributed by atoms with E-state index in [2.05, 4.69) is 53.0 Å². The van der Waals surface area contributed by atoms with Gasteiger partial charge in [0.05, 0.1) is 27.0 Å². The molecule has 0 spiro atoms. The molecular weight excluding hydrogens is 400 g/mol. The van der Waals surface area contributed by atoms with Crippen LogP contribution in [0.3, 0.4) is 0 Å². The van der Waals surface area contributed by atoms with Gasteiger partial charge in [0.25, 0.3) is 0 Å². The highest BCUT2D eigenvalue weighted by molar-refractivity contribution is 5.85. The molecule has 5 heteroatoms. The Balaban J connectivity index is 1.30. The molecule has 0 saturated heterocycles. The summed E-state index contributed by atoms with van der Waals surface area (Å²) in [7, 11) is 3.25. The average Bonchev–Trinajstić information content (AvgIpc) is 2.86. The standard InChI is InChI=1S/C27H26N2O3/c1-30-26-15-12-21(16-27(26)31-2)18-29-28-17-20-10-13-24(14-11-20)32-19-23-8-5-7-22-6-3-4-9-25(22)23/h3-17,29H,18-19H2,1-2H3/b28-17+. The van der Waals surface area contributed by atoms with Gasteiger partial charge in [-0.25, -0.2) is 0 Å². The minimum atomic E-state index is 0.529. The van der Waals surface area contributed by atoms with Crippen LogP contribution in [0.25, 0.3) is 10.8 Å². The second kappa shape index (κ2) is 10.4. The molecule has 0 saturated carbocycles. The molecule has 0 amide bonds. The number of rotatable bonds is 9. The lowest BCUT2D eigenvalue weighted by Gasteiger charge is -2.09. The van der Waals surface area contributed by atoms with Crippen LogP contribution < -0.4 is 19.6 Å². The highest BCUT2D eigenvalue weighted by atomic mass is 16.5. The van der Waals surface area contributed by atoms with Crippen LogP contribution >= 0.6 is 0 Å². The van der Waals surface area contributed by atoms with E-state index in [0.717, 1.165) is 16.9 Å². The molecule has 4 aromatic carbocycles. The number of hydrogen-bond donors (Lipinski definition) is 1. The maximum Gasteiger partial charge on any atom is 0.161 e. The Morgan fingerprint density at radius 1 is 0.812 bits per heavy atom. The third kappa shape index (κ3) is 5.19. The van der Waals surface area contributed by atoms with Gasteiger partial charge in [-0.2, -0.15) is 5.10 Å². The van der Waals surface area contributed by atoms with Gasteiger partial charge in [-0.15, -0.1) is 0 Å². The molecule has 5 nitrogen and oxygen atoms in total. The Morgan fingerprint density at radius 2 is 1.59 bits per heavy atom. The third-order valence-corrected chi connectivity index (χ3v) is 5.19. The molecule has 4 rings (SSSR count). The molecule has 0 aliphatic rings. The van der Waals surface area contributed by atoms with Gasteiger partial charge >= 0.3 is 0 Å². The average molecular weight is 427 g/mol. The summed E-state index contributed by atoms with van der Waals surface area (Å²) in [5, 5.41) is 6.75. The van der Waals surface area contributed by atoms with E-state index in [0.29, 0.717) is 24.7 Å². The zero-order valence-electron chi connectivity index (χ0n) is 18.2. The third-order valence-electron chi connectivity index (χ3n) is 5.19. The monoisotopic (exact) mass is 426 g/mol. The fourth-order valence-electron chi connectivity index (χ4n) is 3.48. The number of ether oxygens (including phenoxy) is 3. The number of hydrazone groups is 1.